The Bertz CT molecular complexity index is 989. The van der Waals surface area contributed by atoms with E-state index in [2.05, 4.69) is 5.32 Å². The van der Waals surface area contributed by atoms with Gasteiger partial charge in [-0.2, -0.15) is 4.31 Å². The second kappa shape index (κ2) is 8.70. The molecule has 1 aromatic carbocycles. The van der Waals surface area contributed by atoms with Crippen LogP contribution in [0.5, 0.6) is 0 Å². The molecule has 1 aromatic heterocycles. The number of nitrogens with zero attached hydrogens (tertiary/aromatic N) is 2. The third-order valence-corrected chi connectivity index (χ3v) is 6.69. The number of pyridine rings is 1. The molecule has 28 heavy (non-hydrogen) atoms. The van der Waals surface area contributed by atoms with Crippen LogP contribution in [0.2, 0.25) is 0 Å². The van der Waals surface area contributed by atoms with Gasteiger partial charge in [-0.05, 0) is 38.0 Å². The smallest absolute Gasteiger partial charge is 0.251 e. The molecule has 7 nitrogen and oxygen atoms in total. The Kier molecular flexibility index (Phi) is 6.31. The summed E-state index contributed by atoms with van der Waals surface area (Å²) in [5, 5.41) is 2.72. The SMILES string of the molecule is Cc1ccc(NC(=O)Cn2cc(S(=O)(=O)N3CCCCCC3)ccc2=O)cc1. The summed E-state index contributed by atoms with van der Waals surface area (Å²) in [7, 11) is -3.68. The second-order valence-corrected chi connectivity index (χ2v) is 9.00. The predicted molar refractivity (Wildman–Crippen MR) is 108 cm³/mol. The zero-order valence-corrected chi connectivity index (χ0v) is 16.7. The van der Waals surface area contributed by atoms with Crippen LogP contribution in [0, 0.1) is 6.92 Å². The van der Waals surface area contributed by atoms with Gasteiger partial charge in [-0.15, -0.1) is 0 Å². The third-order valence-electron chi connectivity index (χ3n) is 4.81. The Balaban J connectivity index is 1.78. The van der Waals surface area contributed by atoms with Gasteiger partial charge in [0.25, 0.3) is 5.56 Å². The van der Waals surface area contributed by atoms with E-state index in [4.69, 9.17) is 0 Å². The minimum Gasteiger partial charge on any atom is -0.325 e. The lowest BCUT2D eigenvalue weighted by Crippen LogP contribution is -2.33. The van der Waals surface area contributed by atoms with Crippen LogP contribution < -0.4 is 10.9 Å². The molecule has 1 N–H and O–H groups in total. The van der Waals surface area contributed by atoms with Gasteiger partial charge < -0.3 is 9.88 Å². The van der Waals surface area contributed by atoms with E-state index in [1.54, 1.807) is 12.1 Å². The highest BCUT2D eigenvalue weighted by molar-refractivity contribution is 7.89. The fraction of sp³-hybridized carbons (Fsp3) is 0.400. The molecule has 3 rings (SSSR count). The van der Waals surface area contributed by atoms with Crippen molar-refractivity contribution < 1.29 is 13.2 Å². The number of benzene rings is 1. The van der Waals surface area contributed by atoms with E-state index < -0.39 is 21.5 Å². The number of hydrogen-bond acceptors (Lipinski definition) is 4. The molecule has 0 atom stereocenters. The van der Waals surface area contributed by atoms with Crippen LogP contribution in [-0.4, -0.2) is 36.3 Å². The van der Waals surface area contributed by atoms with Crippen molar-refractivity contribution in [2.45, 2.75) is 44.0 Å². The van der Waals surface area contributed by atoms with Gasteiger partial charge in [0, 0.05) is 31.0 Å². The van der Waals surface area contributed by atoms with Crippen LogP contribution in [0.1, 0.15) is 31.2 Å². The van der Waals surface area contributed by atoms with E-state index in [9.17, 15) is 18.0 Å². The van der Waals surface area contributed by atoms with Crippen molar-refractivity contribution in [3.63, 3.8) is 0 Å². The van der Waals surface area contributed by atoms with Crippen molar-refractivity contribution in [3.05, 3.63) is 58.5 Å². The van der Waals surface area contributed by atoms with Crippen LogP contribution in [-0.2, 0) is 21.4 Å². The van der Waals surface area contributed by atoms with Crippen LogP contribution in [0.4, 0.5) is 5.69 Å². The minimum atomic E-state index is -3.68. The Morgan fingerprint density at radius 2 is 1.64 bits per heavy atom. The van der Waals surface area contributed by atoms with Crippen molar-refractivity contribution >= 4 is 21.6 Å². The standard InChI is InChI=1S/C20H25N3O4S/c1-16-6-8-17(9-7-16)21-19(24)15-22-14-18(10-11-20(22)25)28(26,27)23-12-4-2-3-5-13-23/h6-11,14H,2-5,12-13,15H2,1H3,(H,21,24). The second-order valence-electron chi connectivity index (χ2n) is 7.06. The highest BCUT2D eigenvalue weighted by atomic mass is 32.2. The number of carbonyl (C=O) groups excluding carboxylic acids is 1. The number of carbonyl (C=O) groups is 1. The number of aromatic nitrogens is 1. The number of nitrogens with one attached hydrogen (secondary N) is 1. The van der Waals surface area contributed by atoms with Gasteiger partial charge in [0.1, 0.15) is 6.54 Å². The molecule has 1 saturated heterocycles. The molecule has 1 aliphatic rings. The van der Waals surface area contributed by atoms with Gasteiger partial charge in [-0.1, -0.05) is 30.5 Å². The van der Waals surface area contributed by atoms with Crippen molar-refractivity contribution in [3.8, 4) is 0 Å². The van der Waals surface area contributed by atoms with Crippen molar-refractivity contribution in [2.75, 3.05) is 18.4 Å². The van der Waals surface area contributed by atoms with E-state index in [-0.39, 0.29) is 11.4 Å². The number of hydrogen-bond donors (Lipinski definition) is 1. The fourth-order valence-electron chi connectivity index (χ4n) is 3.21. The molecule has 0 unspecified atom stereocenters. The molecular formula is C20H25N3O4S. The highest BCUT2D eigenvalue weighted by Gasteiger charge is 2.25. The summed E-state index contributed by atoms with van der Waals surface area (Å²) in [6.07, 6.45) is 4.96. The van der Waals surface area contributed by atoms with E-state index in [0.717, 1.165) is 35.8 Å². The lowest BCUT2D eigenvalue weighted by Gasteiger charge is -2.20. The molecular weight excluding hydrogens is 378 g/mol. The Labute approximate surface area is 165 Å². The molecule has 0 spiro atoms. The zero-order valence-electron chi connectivity index (χ0n) is 15.9. The number of rotatable bonds is 5. The van der Waals surface area contributed by atoms with Crippen LogP contribution in [0.15, 0.2) is 52.3 Å². The van der Waals surface area contributed by atoms with Gasteiger partial charge >= 0.3 is 0 Å². The van der Waals surface area contributed by atoms with Gasteiger partial charge in [0.2, 0.25) is 15.9 Å². The largest absolute Gasteiger partial charge is 0.325 e. The summed E-state index contributed by atoms with van der Waals surface area (Å²) in [6, 6.07) is 9.81. The fourth-order valence-corrected chi connectivity index (χ4v) is 4.75. The van der Waals surface area contributed by atoms with E-state index in [1.165, 1.54) is 22.6 Å². The summed E-state index contributed by atoms with van der Waals surface area (Å²) in [6.45, 7) is 2.65. The van der Waals surface area contributed by atoms with Gasteiger partial charge in [0.15, 0.2) is 0 Å². The molecule has 2 aromatic rings. The quantitative estimate of drug-likeness (QED) is 0.830. The topological polar surface area (TPSA) is 88.5 Å². The maximum Gasteiger partial charge on any atom is 0.251 e. The average Bonchev–Trinajstić information content (AvgIpc) is 2.95. The molecule has 0 radical (unpaired) electrons. The molecule has 0 saturated carbocycles. The monoisotopic (exact) mass is 403 g/mol. The molecule has 8 heteroatoms. The molecule has 150 valence electrons. The predicted octanol–water partition coefficient (Wildman–Crippen LogP) is 2.36. The Hall–Kier alpha value is -2.45. The lowest BCUT2D eigenvalue weighted by atomic mass is 10.2. The minimum absolute atomic E-state index is 0.0390. The molecule has 0 bridgehead atoms. The first-order chi connectivity index (χ1) is 13.4. The molecule has 1 amide bonds. The molecule has 0 aliphatic carbocycles. The summed E-state index contributed by atoms with van der Waals surface area (Å²) < 4.78 is 28.4. The first-order valence-corrected chi connectivity index (χ1v) is 10.9. The summed E-state index contributed by atoms with van der Waals surface area (Å²) in [5.41, 5.74) is 1.27. The lowest BCUT2D eigenvalue weighted by molar-refractivity contribution is -0.116. The molecule has 1 fully saturated rings. The Morgan fingerprint density at radius 3 is 2.29 bits per heavy atom. The molecule has 2 heterocycles. The van der Waals surface area contributed by atoms with Crippen LogP contribution in [0.25, 0.3) is 0 Å². The van der Waals surface area contributed by atoms with E-state index in [1.807, 2.05) is 19.1 Å². The van der Waals surface area contributed by atoms with E-state index in [0.29, 0.717) is 18.8 Å². The van der Waals surface area contributed by atoms with Crippen molar-refractivity contribution in [1.82, 2.24) is 8.87 Å². The summed E-state index contributed by atoms with van der Waals surface area (Å²) >= 11 is 0. The number of amides is 1. The van der Waals surface area contributed by atoms with Crippen molar-refractivity contribution in [1.29, 1.82) is 0 Å². The highest BCUT2D eigenvalue weighted by Crippen LogP contribution is 2.19. The zero-order chi connectivity index (χ0) is 20.1. The van der Waals surface area contributed by atoms with E-state index >= 15 is 0 Å². The first-order valence-electron chi connectivity index (χ1n) is 9.43. The number of anilines is 1. The van der Waals surface area contributed by atoms with Gasteiger partial charge in [-0.3, -0.25) is 9.59 Å². The Morgan fingerprint density at radius 1 is 1.00 bits per heavy atom. The maximum atomic E-state index is 12.9. The average molecular weight is 404 g/mol. The molecule has 1 aliphatic heterocycles. The van der Waals surface area contributed by atoms with Crippen LogP contribution >= 0.6 is 0 Å². The van der Waals surface area contributed by atoms with Crippen molar-refractivity contribution in [2.24, 2.45) is 0 Å². The van der Waals surface area contributed by atoms with Crippen LogP contribution in [0.3, 0.4) is 0 Å². The van der Waals surface area contributed by atoms with Gasteiger partial charge in [-0.25, -0.2) is 8.42 Å². The summed E-state index contributed by atoms with van der Waals surface area (Å²) in [4.78, 5) is 24.5. The third kappa shape index (κ3) is 4.88. The normalized spacial score (nSPS) is 15.8. The summed E-state index contributed by atoms with van der Waals surface area (Å²) in [5.74, 6) is -0.393. The van der Waals surface area contributed by atoms with Gasteiger partial charge in [0.05, 0.1) is 4.90 Å². The maximum absolute atomic E-state index is 12.9. The first kappa shape index (κ1) is 20.3. The number of aryl methyl sites for hydroxylation is 1. The number of sulfonamides is 1.